The van der Waals surface area contributed by atoms with E-state index in [1.807, 2.05) is 33.8 Å². The van der Waals surface area contributed by atoms with Crippen molar-refractivity contribution in [3.05, 3.63) is 23.3 Å². The molecule has 6 heteroatoms. The molecule has 1 aliphatic carbocycles. The molecule has 2 saturated heterocycles. The minimum absolute atomic E-state index is 0.00491. The number of halogens is 1. The molecule has 0 aromatic heterocycles. The van der Waals surface area contributed by atoms with E-state index >= 15 is 0 Å². The molecule has 0 amide bonds. The van der Waals surface area contributed by atoms with Gasteiger partial charge in [-0.3, -0.25) is 0 Å². The van der Waals surface area contributed by atoms with Crippen LogP contribution in [0.1, 0.15) is 84.8 Å². The Bertz CT molecular complexity index is 760. The number of piperidine rings is 1. The summed E-state index contributed by atoms with van der Waals surface area (Å²) in [5.41, 5.74) is 1.87. The number of hydrogen-bond acceptors (Lipinski definition) is 5. The van der Waals surface area contributed by atoms with E-state index in [1.54, 1.807) is 6.07 Å². The maximum absolute atomic E-state index is 11.0. The number of likely N-dealkylation sites (tertiary alicyclic amines) is 1. The number of nitrogens with zero attached hydrogens (tertiary/aromatic N) is 1. The van der Waals surface area contributed by atoms with E-state index in [9.17, 15) is 10.2 Å². The van der Waals surface area contributed by atoms with E-state index in [4.69, 9.17) is 9.47 Å². The van der Waals surface area contributed by atoms with Crippen LogP contribution < -0.4 is 0 Å². The first-order valence-electron chi connectivity index (χ1n) is 13.5. The summed E-state index contributed by atoms with van der Waals surface area (Å²) in [5.74, 6) is 0.949. The van der Waals surface area contributed by atoms with Crippen LogP contribution in [0.2, 0.25) is 0 Å². The van der Waals surface area contributed by atoms with Gasteiger partial charge in [-0.05, 0) is 0 Å². The second kappa shape index (κ2) is 13.7. The number of alkyl halides is 2. The van der Waals surface area contributed by atoms with Gasteiger partial charge in [0.1, 0.15) is 0 Å². The van der Waals surface area contributed by atoms with Gasteiger partial charge in [0.2, 0.25) is 0 Å². The van der Waals surface area contributed by atoms with E-state index in [0.717, 1.165) is 36.9 Å². The van der Waals surface area contributed by atoms with Crippen molar-refractivity contribution < 1.29 is 19.7 Å². The number of aryl methyl sites for hydroxylation is 1. The summed E-state index contributed by atoms with van der Waals surface area (Å²) in [4.78, 5) is 2.46. The second-order valence-electron chi connectivity index (χ2n) is 9.55. The zero-order chi connectivity index (χ0) is 25.5. The fourth-order valence-corrected chi connectivity index (χ4v) is 10.1. The van der Waals surface area contributed by atoms with E-state index < -0.39 is 0 Å². The van der Waals surface area contributed by atoms with Crippen molar-refractivity contribution in [1.29, 1.82) is 0 Å². The normalized spacial score (nSPS) is 33.0. The maximum atomic E-state index is 11.0. The average Bonchev–Trinajstić information content (AvgIpc) is 2.86. The van der Waals surface area contributed by atoms with Crippen LogP contribution in [-0.4, -0.2) is 56.2 Å². The first-order valence-corrected chi connectivity index (χ1v) is 16.5. The van der Waals surface area contributed by atoms with Crippen molar-refractivity contribution in [3.63, 3.8) is 0 Å². The molecule has 5 nitrogen and oxygen atoms in total. The number of ether oxygens (including phenoxy) is 2. The molecule has 0 spiro atoms. The van der Waals surface area contributed by atoms with E-state index in [2.05, 4.69) is 32.7 Å². The monoisotopic (exact) mass is 591 g/mol. The molecule has 198 valence electrons. The Labute approximate surface area is 218 Å². The van der Waals surface area contributed by atoms with E-state index in [1.165, 1.54) is 17.3 Å². The summed E-state index contributed by atoms with van der Waals surface area (Å²) < 4.78 is 14.1. The molecule has 1 saturated carbocycles. The van der Waals surface area contributed by atoms with E-state index in [0.29, 0.717) is 28.8 Å². The van der Waals surface area contributed by atoms with Gasteiger partial charge < -0.3 is 0 Å². The van der Waals surface area contributed by atoms with Crippen molar-refractivity contribution in [2.75, 3.05) is 24.8 Å². The van der Waals surface area contributed by atoms with Crippen LogP contribution in [-0.2, 0) is 14.9 Å². The summed E-state index contributed by atoms with van der Waals surface area (Å²) in [6.45, 7) is 16.1. The molecule has 34 heavy (non-hydrogen) atoms. The SMILES string of the molecule is CC.CC.CCCC[IH]C1OCOC2C[C@@]3(c4c(C)ccc(O)c4O)CCN(C)C(C)C3C[C@@H]21. The Balaban J connectivity index is 0.000000970. The van der Waals surface area contributed by atoms with Gasteiger partial charge in [0.25, 0.3) is 0 Å². The van der Waals surface area contributed by atoms with Gasteiger partial charge >= 0.3 is 192 Å². The van der Waals surface area contributed by atoms with Crippen molar-refractivity contribution in [2.45, 2.75) is 102 Å². The van der Waals surface area contributed by atoms with Gasteiger partial charge in [0.15, 0.2) is 0 Å². The summed E-state index contributed by atoms with van der Waals surface area (Å²) in [7, 11) is 2.22. The van der Waals surface area contributed by atoms with Crippen molar-refractivity contribution in [1.82, 2.24) is 4.90 Å². The van der Waals surface area contributed by atoms with Crippen LogP contribution >= 0.6 is 21.2 Å². The van der Waals surface area contributed by atoms with Crippen LogP contribution in [0.4, 0.5) is 0 Å². The number of fused-ring (bicyclic) bond motifs is 2. The third kappa shape index (κ3) is 5.87. The van der Waals surface area contributed by atoms with Crippen molar-refractivity contribution in [2.24, 2.45) is 11.8 Å². The Kier molecular flexibility index (Phi) is 11.9. The Morgan fingerprint density at radius 2 is 1.85 bits per heavy atom. The number of benzene rings is 1. The van der Waals surface area contributed by atoms with Crippen LogP contribution in [0.25, 0.3) is 0 Å². The number of rotatable bonds is 5. The molecule has 3 aliphatic rings. The number of aromatic hydroxyl groups is 2. The molecule has 3 fully saturated rings. The Hall–Kier alpha value is -0.570. The predicted octanol–water partition coefficient (Wildman–Crippen LogP) is 6.65. The van der Waals surface area contributed by atoms with Crippen LogP contribution in [0.5, 0.6) is 11.5 Å². The molecule has 6 atom stereocenters. The van der Waals surface area contributed by atoms with Gasteiger partial charge in [-0.1, -0.05) is 27.7 Å². The second-order valence-corrected chi connectivity index (χ2v) is 13.0. The number of unbranched alkanes of at least 4 members (excludes halogenated alkanes) is 1. The van der Waals surface area contributed by atoms with Crippen LogP contribution in [0.15, 0.2) is 12.1 Å². The van der Waals surface area contributed by atoms with E-state index in [-0.39, 0.29) is 44.2 Å². The summed E-state index contributed by atoms with van der Waals surface area (Å²) in [5, 5.41) is 21.3. The first-order chi connectivity index (χ1) is 16.4. The molecule has 2 aliphatic heterocycles. The van der Waals surface area contributed by atoms with Crippen LogP contribution in [0.3, 0.4) is 0 Å². The molecule has 0 bridgehead atoms. The van der Waals surface area contributed by atoms with Gasteiger partial charge in [0, 0.05) is 0 Å². The molecular weight excluding hydrogens is 541 g/mol. The summed E-state index contributed by atoms with van der Waals surface area (Å²) in [6.07, 6.45) is 5.73. The minimum atomic E-state index is -0.197. The average molecular weight is 592 g/mol. The number of phenols is 2. The quantitative estimate of drug-likeness (QED) is 0.174. The molecule has 2 heterocycles. The zero-order valence-electron chi connectivity index (χ0n) is 22.8. The molecule has 2 N–H and O–H groups in total. The third-order valence-electron chi connectivity index (χ3n) is 7.97. The fourth-order valence-electron chi connectivity index (χ4n) is 6.19. The molecule has 4 rings (SSSR count). The molecular formula is C28H50INO4. The Morgan fingerprint density at radius 1 is 1.15 bits per heavy atom. The van der Waals surface area contributed by atoms with Gasteiger partial charge in [-0.15, -0.1) is 0 Å². The predicted molar refractivity (Wildman–Crippen MR) is 152 cm³/mol. The fraction of sp³-hybridized carbons (Fsp3) is 0.786. The van der Waals surface area contributed by atoms with Gasteiger partial charge in [-0.2, -0.15) is 0 Å². The first kappa shape index (κ1) is 29.7. The third-order valence-corrected chi connectivity index (χ3v) is 11.8. The van der Waals surface area contributed by atoms with Crippen LogP contribution in [0, 0.1) is 18.8 Å². The Morgan fingerprint density at radius 3 is 2.53 bits per heavy atom. The standard InChI is InChI=1S/C24H38INO4.2C2H6/c1-5-6-10-25-23-17-12-18-16(3)26(4)11-9-24(18,13-20(17)29-14-30-23)21-15(2)7-8-19(27)22(21)28;2*1-2/h7-8,16-18,20,23,25,27-28H,5-6,9-14H2,1-4H3;2*1-2H3/t16?,17-,18?,20?,23?,24-;;/m0../s1. The van der Waals surface area contributed by atoms with Crippen molar-refractivity contribution >= 4 is 21.2 Å². The molecule has 4 unspecified atom stereocenters. The topological polar surface area (TPSA) is 62.2 Å². The van der Waals surface area contributed by atoms with Gasteiger partial charge in [-0.25, -0.2) is 0 Å². The summed E-state index contributed by atoms with van der Waals surface area (Å²) >= 11 is -0.197. The molecule has 0 radical (unpaired) electrons. The summed E-state index contributed by atoms with van der Waals surface area (Å²) in [6, 6.07) is 3.99. The number of phenolic OH excluding ortho intramolecular Hbond substituents is 2. The number of hydrogen-bond donors (Lipinski definition) is 2. The van der Waals surface area contributed by atoms with Crippen molar-refractivity contribution in [3.8, 4) is 11.5 Å². The molecule has 1 aromatic carbocycles. The molecule has 1 aromatic rings. The zero-order valence-corrected chi connectivity index (χ0v) is 25.1. The van der Waals surface area contributed by atoms with Gasteiger partial charge in [0.05, 0.1) is 0 Å².